The molecule has 0 unspecified atom stereocenters. The Balaban J connectivity index is 2.24. The Morgan fingerprint density at radius 3 is 1.80 bits per heavy atom. The lowest BCUT2D eigenvalue weighted by Crippen LogP contribution is -2.04. The van der Waals surface area contributed by atoms with Crippen molar-refractivity contribution in [2.24, 2.45) is 0 Å². The van der Waals surface area contributed by atoms with Crippen molar-refractivity contribution in [3.05, 3.63) is 77.4 Å². The minimum absolute atomic E-state index is 0.0861. The third-order valence-corrected chi connectivity index (χ3v) is 2.98. The SMILES string of the molecule is C=Cc1ccc(C(=O)c2ccc(C(=O)OC)cc2)cc1. The highest BCUT2D eigenvalue weighted by atomic mass is 16.5. The summed E-state index contributed by atoms with van der Waals surface area (Å²) in [4.78, 5) is 23.6. The molecule has 0 saturated carbocycles. The number of hydrogen-bond acceptors (Lipinski definition) is 3. The lowest BCUT2D eigenvalue weighted by molar-refractivity contribution is 0.0600. The molecule has 0 fully saturated rings. The minimum atomic E-state index is -0.417. The third-order valence-electron chi connectivity index (χ3n) is 2.98. The summed E-state index contributed by atoms with van der Waals surface area (Å²) in [7, 11) is 1.32. The lowest BCUT2D eigenvalue weighted by Gasteiger charge is -2.03. The van der Waals surface area contributed by atoms with E-state index in [1.54, 1.807) is 42.5 Å². The highest BCUT2D eigenvalue weighted by Gasteiger charge is 2.10. The van der Waals surface area contributed by atoms with Crippen LogP contribution in [-0.4, -0.2) is 18.9 Å². The van der Waals surface area contributed by atoms with E-state index < -0.39 is 5.97 Å². The van der Waals surface area contributed by atoms with E-state index in [-0.39, 0.29) is 5.78 Å². The second-order valence-corrected chi connectivity index (χ2v) is 4.22. The largest absolute Gasteiger partial charge is 0.465 e. The number of benzene rings is 2. The lowest BCUT2D eigenvalue weighted by atomic mass is 10.0. The number of rotatable bonds is 4. The summed E-state index contributed by atoms with van der Waals surface area (Å²) in [5.41, 5.74) is 2.51. The first-order valence-electron chi connectivity index (χ1n) is 6.11. The van der Waals surface area contributed by atoms with Gasteiger partial charge in [-0.15, -0.1) is 0 Å². The molecule has 0 radical (unpaired) electrons. The summed E-state index contributed by atoms with van der Waals surface area (Å²) in [6.45, 7) is 3.67. The summed E-state index contributed by atoms with van der Waals surface area (Å²) in [5, 5.41) is 0. The van der Waals surface area contributed by atoms with Gasteiger partial charge in [-0.05, 0) is 17.7 Å². The van der Waals surface area contributed by atoms with Crippen LogP contribution in [0.3, 0.4) is 0 Å². The third kappa shape index (κ3) is 2.83. The normalized spacial score (nSPS) is 9.85. The summed E-state index contributed by atoms with van der Waals surface area (Å²) < 4.78 is 4.61. The van der Waals surface area contributed by atoms with Crippen molar-refractivity contribution >= 4 is 17.8 Å². The van der Waals surface area contributed by atoms with Crippen LogP contribution in [0.1, 0.15) is 31.8 Å². The molecule has 20 heavy (non-hydrogen) atoms. The number of esters is 1. The molecule has 0 aliphatic carbocycles. The predicted octanol–water partition coefficient (Wildman–Crippen LogP) is 3.35. The van der Waals surface area contributed by atoms with Crippen LogP contribution < -0.4 is 0 Å². The number of ether oxygens (including phenoxy) is 1. The Labute approximate surface area is 117 Å². The van der Waals surface area contributed by atoms with Crippen molar-refractivity contribution in [2.75, 3.05) is 7.11 Å². The van der Waals surface area contributed by atoms with Gasteiger partial charge in [-0.2, -0.15) is 0 Å². The van der Waals surface area contributed by atoms with Gasteiger partial charge in [0.25, 0.3) is 0 Å². The molecule has 3 nitrogen and oxygen atoms in total. The first-order valence-corrected chi connectivity index (χ1v) is 6.11. The monoisotopic (exact) mass is 266 g/mol. The Morgan fingerprint density at radius 1 is 0.900 bits per heavy atom. The van der Waals surface area contributed by atoms with Gasteiger partial charge in [-0.25, -0.2) is 4.79 Å². The topological polar surface area (TPSA) is 43.4 Å². The van der Waals surface area contributed by atoms with Gasteiger partial charge in [-0.1, -0.05) is 49.1 Å². The molecule has 2 aromatic carbocycles. The maximum Gasteiger partial charge on any atom is 0.337 e. The maximum absolute atomic E-state index is 12.3. The van der Waals surface area contributed by atoms with Crippen molar-refractivity contribution in [1.29, 1.82) is 0 Å². The molecular weight excluding hydrogens is 252 g/mol. The van der Waals surface area contributed by atoms with Crippen LogP contribution in [0.25, 0.3) is 6.08 Å². The molecule has 0 N–H and O–H groups in total. The smallest absolute Gasteiger partial charge is 0.337 e. The van der Waals surface area contributed by atoms with Crippen LogP contribution >= 0.6 is 0 Å². The number of ketones is 1. The molecule has 2 rings (SSSR count). The van der Waals surface area contributed by atoms with Crippen molar-refractivity contribution in [3.8, 4) is 0 Å². The van der Waals surface area contributed by atoms with Gasteiger partial charge in [0.15, 0.2) is 5.78 Å². The summed E-state index contributed by atoms with van der Waals surface area (Å²) >= 11 is 0. The fourth-order valence-corrected chi connectivity index (χ4v) is 1.81. The van der Waals surface area contributed by atoms with E-state index in [1.807, 2.05) is 12.1 Å². The second kappa shape index (κ2) is 5.97. The molecule has 0 amide bonds. The number of hydrogen-bond donors (Lipinski definition) is 0. The molecule has 100 valence electrons. The zero-order chi connectivity index (χ0) is 14.5. The van der Waals surface area contributed by atoms with Crippen LogP contribution in [0.5, 0.6) is 0 Å². The molecule has 0 bridgehead atoms. The zero-order valence-electron chi connectivity index (χ0n) is 11.1. The van der Waals surface area contributed by atoms with Gasteiger partial charge in [-0.3, -0.25) is 4.79 Å². The van der Waals surface area contributed by atoms with Gasteiger partial charge >= 0.3 is 5.97 Å². The number of methoxy groups -OCH3 is 1. The molecule has 0 spiro atoms. The molecule has 0 aromatic heterocycles. The zero-order valence-corrected chi connectivity index (χ0v) is 11.1. The predicted molar refractivity (Wildman–Crippen MR) is 77.7 cm³/mol. The maximum atomic E-state index is 12.3. The van der Waals surface area contributed by atoms with Crippen molar-refractivity contribution in [2.45, 2.75) is 0 Å². The quantitative estimate of drug-likeness (QED) is 0.629. The average Bonchev–Trinajstić information content (AvgIpc) is 2.53. The van der Waals surface area contributed by atoms with Gasteiger partial charge in [0.1, 0.15) is 0 Å². The molecule has 0 aliphatic heterocycles. The van der Waals surface area contributed by atoms with Crippen molar-refractivity contribution < 1.29 is 14.3 Å². The molecular formula is C17H14O3. The number of carbonyl (C=O) groups excluding carboxylic acids is 2. The van der Waals surface area contributed by atoms with Crippen LogP contribution in [0.15, 0.2) is 55.1 Å². The minimum Gasteiger partial charge on any atom is -0.465 e. The standard InChI is InChI=1S/C17H14O3/c1-3-12-4-6-13(7-5-12)16(18)14-8-10-15(11-9-14)17(19)20-2/h3-11H,1H2,2H3. The van der Waals surface area contributed by atoms with Gasteiger partial charge < -0.3 is 4.74 Å². The Hall–Kier alpha value is -2.68. The fourth-order valence-electron chi connectivity index (χ4n) is 1.81. The van der Waals surface area contributed by atoms with Crippen LogP contribution in [-0.2, 0) is 4.74 Å². The summed E-state index contributed by atoms with van der Waals surface area (Å²) in [6.07, 6.45) is 1.72. The molecule has 0 aliphatic rings. The molecule has 3 heteroatoms. The van der Waals surface area contributed by atoms with Gasteiger partial charge in [0.05, 0.1) is 12.7 Å². The molecule has 0 heterocycles. The average molecular weight is 266 g/mol. The van der Waals surface area contributed by atoms with Crippen LogP contribution in [0, 0.1) is 0 Å². The second-order valence-electron chi connectivity index (χ2n) is 4.22. The molecule has 2 aromatic rings. The highest BCUT2D eigenvalue weighted by molar-refractivity contribution is 6.09. The van der Waals surface area contributed by atoms with E-state index >= 15 is 0 Å². The van der Waals surface area contributed by atoms with E-state index in [2.05, 4.69) is 11.3 Å². The van der Waals surface area contributed by atoms with E-state index in [9.17, 15) is 9.59 Å². The molecule has 0 saturated heterocycles. The van der Waals surface area contributed by atoms with Crippen LogP contribution in [0.4, 0.5) is 0 Å². The summed E-state index contributed by atoms with van der Waals surface area (Å²) in [5.74, 6) is -0.503. The Kier molecular flexibility index (Phi) is 4.11. The van der Waals surface area contributed by atoms with Gasteiger partial charge in [0, 0.05) is 11.1 Å². The summed E-state index contributed by atoms with van der Waals surface area (Å²) in [6, 6.07) is 13.6. The fraction of sp³-hybridized carbons (Fsp3) is 0.0588. The number of carbonyl (C=O) groups is 2. The van der Waals surface area contributed by atoms with E-state index in [4.69, 9.17) is 0 Å². The van der Waals surface area contributed by atoms with Crippen LogP contribution in [0.2, 0.25) is 0 Å². The first kappa shape index (κ1) is 13.7. The Bertz CT molecular complexity index is 637. The van der Waals surface area contributed by atoms with Gasteiger partial charge in [0.2, 0.25) is 0 Å². The van der Waals surface area contributed by atoms with E-state index in [0.717, 1.165) is 5.56 Å². The van der Waals surface area contributed by atoms with Crippen molar-refractivity contribution in [1.82, 2.24) is 0 Å². The van der Waals surface area contributed by atoms with E-state index in [0.29, 0.717) is 16.7 Å². The van der Waals surface area contributed by atoms with Crippen molar-refractivity contribution in [3.63, 3.8) is 0 Å². The Morgan fingerprint density at radius 2 is 1.35 bits per heavy atom. The molecule has 0 atom stereocenters. The highest BCUT2D eigenvalue weighted by Crippen LogP contribution is 2.13. The van der Waals surface area contributed by atoms with E-state index in [1.165, 1.54) is 7.11 Å². The first-order chi connectivity index (χ1) is 9.65.